The van der Waals surface area contributed by atoms with Crippen molar-refractivity contribution in [1.29, 1.82) is 0 Å². The second-order valence-electron chi connectivity index (χ2n) is 3.33. The van der Waals surface area contributed by atoms with Crippen molar-refractivity contribution in [3.63, 3.8) is 0 Å². The van der Waals surface area contributed by atoms with Crippen LogP contribution >= 0.6 is 15.9 Å². The van der Waals surface area contributed by atoms with Crippen LogP contribution in [0, 0.1) is 11.6 Å². The minimum atomic E-state index is -0.687. The normalized spacial score (nSPS) is 10.3. The lowest BCUT2D eigenvalue weighted by Gasteiger charge is -2.11. The smallest absolute Gasteiger partial charge is 0.149 e. The monoisotopic (exact) mass is 299 g/mol. The van der Waals surface area contributed by atoms with Gasteiger partial charge in [0, 0.05) is 12.3 Å². The maximum absolute atomic E-state index is 13.4. The quantitative estimate of drug-likeness (QED) is 0.893. The Morgan fingerprint density at radius 2 is 2.00 bits per heavy atom. The summed E-state index contributed by atoms with van der Waals surface area (Å²) >= 11 is 3.24. The van der Waals surface area contributed by atoms with Crippen molar-refractivity contribution in [2.45, 2.75) is 0 Å². The number of nitrogens with one attached hydrogen (secondary N) is 1. The zero-order valence-electron chi connectivity index (χ0n) is 8.55. The number of rotatable bonds is 2. The van der Waals surface area contributed by atoms with Crippen molar-refractivity contribution in [2.75, 3.05) is 11.1 Å². The average Bonchev–Trinajstić information content (AvgIpc) is 2.26. The van der Waals surface area contributed by atoms with Crippen molar-refractivity contribution >= 4 is 33.0 Å². The Kier molecular flexibility index (Phi) is 3.23. The topological polar surface area (TPSA) is 50.9 Å². The van der Waals surface area contributed by atoms with E-state index in [-0.39, 0.29) is 5.69 Å². The van der Waals surface area contributed by atoms with Crippen LogP contribution in [-0.2, 0) is 0 Å². The fourth-order valence-electron chi connectivity index (χ4n) is 1.31. The molecule has 6 heteroatoms. The van der Waals surface area contributed by atoms with Crippen molar-refractivity contribution in [3.8, 4) is 0 Å². The number of anilines is 3. The summed E-state index contributed by atoms with van der Waals surface area (Å²) in [5, 5.41) is 2.78. The minimum absolute atomic E-state index is 0.144. The number of halogens is 3. The van der Waals surface area contributed by atoms with Crippen LogP contribution in [0.15, 0.2) is 35.1 Å². The van der Waals surface area contributed by atoms with Gasteiger partial charge in [0.1, 0.15) is 11.6 Å². The van der Waals surface area contributed by atoms with Crippen molar-refractivity contribution in [1.82, 2.24) is 4.98 Å². The molecule has 1 heterocycles. The molecule has 2 rings (SSSR count). The molecule has 0 saturated heterocycles. The second-order valence-corrected chi connectivity index (χ2v) is 4.19. The van der Waals surface area contributed by atoms with E-state index >= 15 is 0 Å². The third-order valence-electron chi connectivity index (χ3n) is 2.12. The highest BCUT2D eigenvalue weighted by atomic mass is 79.9. The zero-order chi connectivity index (χ0) is 12.4. The first-order chi connectivity index (χ1) is 8.08. The lowest BCUT2D eigenvalue weighted by atomic mass is 10.2. The van der Waals surface area contributed by atoms with Gasteiger partial charge in [0.25, 0.3) is 0 Å². The fraction of sp³-hybridized carbons (Fsp3) is 0. The predicted molar refractivity (Wildman–Crippen MR) is 66.0 cm³/mol. The first-order valence-electron chi connectivity index (χ1n) is 4.69. The molecule has 17 heavy (non-hydrogen) atoms. The summed E-state index contributed by atoms with van der Waals surface area (Å²) < 4.78 is 26.8. The molecule has 0 spiro atoms. The van der Waals surface area contributed by atoms with Gasteiger partial charge in [-0.25, -0.2) is 8.78 Å². The molecule has 0 bridgehead atoms. The summed E-state index contributed by atoms with van der Waals surface area (Å²) in [7, 11) is 0. The van der Waals surface area contributed by atoms with Gasteiger partial charge in [-0.05, 0) is 28.1 Å². The molecule has 0 aliphatic carbocycles. The Balaban J connectivity index is 2.38. The molecular weight excluding hydrogens is 292 g/mol. The molecule has 1 aromatic heterocycles. The number of pyridine rings is 1. The summed E-state index contributed by atoms with van der Waals surface area (Å²) in [6.45, 7) is 0. The molecule has 0 saturated carbocycles. The van der Waals surface area contributed by atoms with Crippen LogP contribution in [0.2, 0.25) is 0 Å². The van der Waals surface area contributed by atoms with Crippen molar-refractivity contribution in [3.05, 3.63) is 46.7 Å². The predicted octanol–water partition coefficient (Wildman–Crippen LogP) is 3.45. The molecule has 1 aromatic carbocycles. The van der Waals surface area contributed by atoms with Gasteiger partial charge in [-0.1, -0.05) is 0 Å². The van der Waals surface area contributed by atoms with E-state index in [9.17, 15) is 8.78 Å². The van der Waals surface area contributed by atoms with Gasteiger partial charge < -0.3 is 11.1 Å². The third-order valence-corrected chi connectivity index (χ3v) is 2.72. The van der Waals surface area contributed by atoms with E-state index in [0.717, 1.165) is 12.1 Å². The minimum Gasteiger partial charge on any atom is -0.396 e. The Hall–Kier alpha value is -1.69. The van der Waals surface area contributed by atoms with Crippen molar-refractivity contribution < 1.29 is 8.78 Å². The third kappa shape index (κ3) is 2.52. The Morgan fingerprint density at radius 3 is 2.65 bits per heavy atom. The number of benzene rings is 1. The van der Waals surface area contributed by atoms with Gasteiger partial charge in [-0.3, -0.25) is 4.98 Å². The Morgan fingerprint density at radius 1 is 1.24 bits per heavy atom. The number of nitrogen functional groups attached to an aromatic ring is 1. The van der Waals surface area contributed by atoms with Crippen LogP contribution in [0.3, 0.4) is 0 Å². The van der Waals surface area contributed by atoms with Gasteiger partial charge >= 0.3 is 0 Å². The molecule has 0 aliphatic rings. The van der Waals surface area contributed by atoms with Gasteiger partial charge in [-0.15, -0.1) is 0 Å². The van der Waals surface area contributed by atoms with E-state index < -0.39 is 11.6 Å². The molecule has 0 radical (unpaired) electrons. The van der Waals surface area contributed by atoms with Crippen molar-refractivity contribution in [2.24, 2.45) is 0 Å². The molecule has 2 aromatic rings. The number of aromatic nitrogens is 1. The lowest BCUT2D eigenvalue weighted by Crippen LogP contribution is -2.00. The van der Waals surface area contributed by atoms with E-state index in [4.69, 9.17) is 5.73 Å². The Labute approximate surface area is 105 Å². The number of nitrogens with two attached hydrogens (primary N) is 1. The van der Waals surface area contributed by atoms with E-state index in [1.807, 2.05) is 0 Å². The zero-order valence-corrected chi connectivity index (χ0v) is 10.1. The maximum Gasteiger partial charge on any atom is 0.149 e. The highest BCUT2D eigenvalue weighted by Crippen LogP contribution is 2.31. The van der Waals surface area contributed by atoms with Gasteiger partial charge in [0.15, 0.2) is 0 Å². The number of hydrogen-bond acceptors (Lipinski definition) is 3. The summed E-state index contributed by atoms with van der Waals surface area (Å²) in [5.41, 5.74) is 6.70. The SMILES string of the molecule is Nc1cncc(Br)c1Nc1ccc(F)cc1F. The average molecular weight is 300 g/mol. The summed E-state index contributed by atoms with van der Waals surface area (Å²) in [5.74, 6) is -1.32. The Bertz CT molecular complexity index is 540. The summed E-state index contributed by atoms with van der Waals surface area (Å²) in [6, 6.07) is 3.27. The molecule has 0 unspecified atom stereocenters. The molecular formula is C11H8BrF2N3. The second kappa shape index (κ2) is 4.67. The molecule has 3 N–H and O–H groups in total. The summed E-state index contributed by atoms with van der Waals surface area (Å²) in [6.07, 6.45) is 2.97. The van der Waals surface area contributed by atoms with Crippen LogP contribution in [0.25, 0.3) is 0 Å². The number of hydrogen-bond donors (Lipinski definition) is 2. The van der Waals surface area contributed by atoms with Crippen LogP contribution in [0.5, 0.6) is 0 Å². The van der Waals surface area contributed by atoms with E-state index in [1.165, 1.54) is 18.5 Å². The maximum atomic E-state index is 13.4. The highest BCUT2D eigenvalue weighted by molar-refractivity contribution is 9.10. The molecule has 0 aliphatic heterocycles. The van der Waals surface area contributed by atoms with Crippen LogP contribution in [-0.4, -0.2) is 4.98 Å². The molecule has 88 valence electrons. The molecule has 0 fully saturated rings. The molecule has 0 atom stereocenters. The van der Waals surface area contributed by atoms with Gasteiger partial charge in [-0.2, -0.15) is 0 Å². The van der Waals surface area contributed by atoms with Crippen LogP contribution in [0.4, 0.5) is 25.8 Å². The highest BCUT2D eigenvalue weighted by Gasteiger charge is 2.08. The van der Waals surface area contributed by atoms with E-state index in [2.05, 4.69) is 26.2 Å². The van der Waals surface area contributed by atoms with Crippen LogP contribution in [0.1, 0.15) is 0 Å². The molecule has 0 amide bonds. The first-order valence-corrected chi connectivity index (χ1v) is 5.48. The fourth-order valence-corrected chi connectivity index (χ4v) is 1.75. The lowest BCUT2D eigenvalue weighted by molar-refractivity contribution is 0.586. The van der Waals surface area contributed by atoms with E-state index in [0.29, 0.717) is 15.8 Å². The largest absolute Gasteiger partial charge is 0.396 e. The first kappa shape index (κ1) is 11.8. The summed E-state index contributed by atoms with van der Waals surface area (Å²) in [4.78, 5) is 3.86. The van der Waals surface area contributed by atoms with Gasteiger partial charge in [0.05, 0.1) is 27.7 Å². The molecule has 3 nitrogen and oxygen atoms in total. The standard InChI is InChI=1S/C11H8BrF2N3/c12-7-4-16-5-9(15)11(7)17-10-2-1-6(13)3-8(10)14/h1-5H,15H2,(H,16,17). The number of nitrogens with zero attached hydrogens (tertiary/aromatic N) is 1. The van der Waals surface area contributed by atoms with E-state index in [1.54, 1.807) is 0 Å². The van der Waals surface area contributed by atoms with Crippen LogP contribution < -0.4 is 11.1 Å². The van der Waals surface area contributed by atoms with Gasteiger partial charge in [0.2, 0.25) is 0 Å².